The van der Waals surface area contributed by atoms with Gasteiger partial charge >= 0.3 is 0 Å². The number of rotatable bonds is 4. The Hall–Kier alpha value is -2.94. The Morgan fingerprint density at radius 2 is 2.25 bits per heavy atom. The molecule has 0 saturated heterocycles. The maximum atomic E-state index is 11.0. The number of aromatic nitrogens is 1. The fourth-order valence-electron chi connectivity index (χ4n) is 1.78. The van der Waals surface area contributed by atoms with Crippen LogP contribution >= 0.6 is 0 Å². The van der Waals surface area contributed by atoms with E-state index in [4.69, 9.17) is 5.26 Å². The number of nitro benzene ring substituents is 1. The molecule has 1 heterocycles. The Labute approximate surface area is 115 Å². The third kappa shape index (κ3) is 2.90. The molecular formula is C14H12N4O2. The Bertz CT molecular complexity index is 692. The Morgan fingerprint density at radius 1 is 1.45 bits per heavy atom. The highest BCUT2D eigenvalue weighted by molar-refractivity contribution is 5.64. The van der Waals surface area contributed by atoms with Crippen LogP contribution in [0.1, 0.15) is 16.8 Å². The highest BCUT2D eigenvalue weighted by atomic mass is 16.6. The van der Waals surface area contributed by atoms with E-state index in [1.165, 1.54) is 12.1 Å². The third-order valence-corrected chi connectivity index (χ3v) is 2.89. The Balaban J connectivity index is 2.24. The Morgan fingerprint density at radius 3 is 2.90 bits per heavy atom. The molecule has 0 amide bonds. The minimum absolute atomic E-state index is 0.113. The molecule has 1 aromatic carbocycles. The summed E-state index contributed by atoms with van der Waals surface area (Å²) < 4.78 is 0. The van der Waals surface area contributed by atoms with Crippen LogP contribution in [-0.4, -0.2) is 9.91 Å². The topological polar surface area (TPSA) is 91.8 Å². The molecule has 0 fully saturated rings. The van der Waals surface area contributed by atoms with Crippen molar-refractivity contribution in [3.05, 3.63) is 63.5 Å². The van der Waals surface area contributed by atoms with E-state index in [1.54, 1.807) is 12.3 Å². The summed E-state index contributed by atoms with van der Waals surface area (Å²) in [6.07, 6.45) is 1.68. The lowest BCUT2D eigenvalue weighted by Crippen LogP contribution is -2.05. The number of hydrogen-bond donors (Lipinski definition) is 1. The molecule has 0 atom stereocenters. The number of benzene rings is 1. The molecular weight excluding hydrogens is 256 g/mol. The van der Waals surface area contributed by atoms with Crippen LogP contribution in [0.25, 0.3) is 0 Å². The average molecular weight is 268 g/mol. The normalized spacial score (nSPS) is 9.80. The zero-order valence-corrected chi connectivity index (χ0v) is 10.8. The van der Waals surface area contributed by atoms with Crippen LogP contribution in [0.3, 0.4) is 0 Å². The van der Waals surface area contributed by atoms with Gasteiger partial charge in [-0.3, -0.25) is 15.1 Å². The molecule has 0 radical (unpaired) electrons. The lowest BCUT2D eigenvalue weighted by Gasteiger charge is -2.08. The van der Waals surface area contributed by atoms with Crippen LogP contribution < -0.4 is 5.32 Å². The van der Waals surface area contributed by atoms with Crippen molar-refractivity contribution >= 4 is 11.4 Å². The molecule has 0 aliphatic carbocycles. The van der Waals surface area contributed by atoms with Crippen molar-refractivity contribution in [2.24, 2.45) is 0 Å². The number of pyridine rings is 1. The molecule has 100 valence electrons. The summed E-state index contributed by atoms with van der Waals surface area (Å²) in [7, 11) is 0. The summed E-state index contributed by atoms with van der Waals surface area (Å²) in [5.41, 5.74) is 2.36. The summed E-state index contributed by atoms with van der Waals surface area (Å²) in [6, 6.07) is 9.99. The predicted molar refractivity (Wildman–Crippen MR) is 74.1 cm³/mol. The van der Waals surface area contributed by atoms with Crippen LogP contribution in [-0.2, 0) is 6.54 Å². The molecule has 0 unspecified atom stereocenters. The Kier molecular flexibility index (Phi) is 3.91. The van der Waals surface area contributed by atoms with Crippen molar-refractivity contribution in [1.82, 2.24) is 4.98 Å². The van der Waals surface area contributed by atoms with Crippen molar-refractivity contribution in [3.63, 3.8) is 0 Å². The first kappa shape index (κ1) is 13.5. The first-order valence-corrected chi connectivity index (χ1v) is 5.94. The first-order valence-electron chi connectivity index (χ1n) is 5.94. The monoisotopic (exact) mass is 268 g/mol. The van der Waals surface area contributed by atoms with Gasteiger partial charge in [-0.1, -0.05) is 6.07 Å². The fourth-order valence-corrected chi connectivity index (χ4v) is 1.78. The largest absolute Gasteiger partial charge is 0.374 e. The molecule has 1 aromatic heterocycles. The zero-order chi connectivity index (χ0) is 14.5. The maximum absolute atomic E-state index is 11.0. The second-order valence-corrected chi connectivity index (χ2v) is 4.22. The molecule has 6 heteroatoms. The van der Waals surface area contributed by atoms with Gasteiger partial charge in [0.2, 0.25) is 0 Å². The van der Waals surface area contributed by atoms with Gasteiger partial charge in [0.25, 0.3) is 5.69 Å². The van der Waals surface area contributed by atoms with Crippen LogP contribution in [0.4, 0.5) is 11.4 Å². The van der Waals surface area contributed by atoms with Crippen LogP contribution in [0.2, 0.25) is 0 Å². The average Bonchev–Trinajstić information content (AvgIpc) is 2.46. The van der Waals surface area contributed by atoms with E-state index in [2.05, 4.69) is 10.3 Å². The van der Waals surface area contributed by atoms with Gasteiger partial charge in [0.05, 0.1) is 28.8 Å². The minimum atomic E-state index is -0.506. The number of nitrogens with one attached hydrogen (secondary N) is 1. The number of nitrogens with zero attached hydrogens (tertiary/aromatic N) is 3. The summed E-state index contributed by atoms with van der Waals surface area (Å²) in [5, 5.41) is 22.8. The third-order valence-electron chi connectivity index (χ3n) is 2.89. The molecule has 2 aromatic rings. The highest BCUT2D eigenvalue weighted by Crippen LogP contribution is 2.25. The zero-order valence-electron chi connectivity index (χ0n) is 10.8. The molecule has 0 saturated carbocycles. The van der Waals surface area contributed by atoms with E-state index in [1.807, 2.05) is 25.1 Å². The molecule has 0 bridgehead atoms. The maximum Gasteiger partial charge on any atom is 0.293 e. The van der Waals surface area contributed by atoms with Crippen LogP contribution in [0.5, 0.6) is 0 Å². The standard InChI is InChI=1S/C14H12N4O2/c1-10-3-2-6-16-13(10)9-17-12-5-4-11(8-15)7-14(12)18(19)20/h2-7,17H,9H2,1H3. The van der Waals surface area contributed by atoms with E-state index in [0.717, 1.165) is 11.3 Å². The number of nitriles is 1. The quantitative estimate of drug-likeness (QED) is 0.680. The van der Waals surface area contributed by atoms with Crippen molar-refractivity contribution < 1.29 is 4.92 Å². The van der Waals surface area contributed by atoms with Gasteiger partial charge in [-0.15, -0.1) is 0 Å². The predicted octanol–water partition coefficient (Wildman–Crippen LogP) is 2.78. The van der Waals surface area contributed by atoms with Crippen LogP contribution in [0.15, 0.2) is 36.5 Å². The number of anilines is 1. The SMILES string of the molecule is Cc1cccnc1CNc1ccc(C#N)cc1[N+](=O)[O-]. The summed E-state index contributed by atoms with van der Waals surface area (Å²) >= 11 is 0. The second kappa shape index (κ2) is 5.80. The van der Waals surface area contributed by atoms with Crippen molar-refractivity contribution in [2.75, 3.05) is 5.32 Å². The summed E-state index contributed by atoms with van der Waals surface area (Å²) in [5.74, 6) is 0. The van der Waals surface area contributed by atoms with Crippen molar-refractivity contribution in [1.29, 1.82) is 5.26 Å². The summed E-state index contributed by atoms with van der Waals surface area (Å²) in [6.45, 7) is 2.32. The second-order valence-electron chi connectivity index (χ2n) is 4.22. The highest BCUT2D eigenvalue weighted by Gasteiger charge is 2.14. The van der Waals surface area contributed by atoms with E-state index in [9.17, 15) is 10.1 Å². The van der Waals surface area contributed by atoms with Gasteiger partial charge in [-0.2, -0.15) is 5.26 Å². The van der Waals surface area contributed by atoms with E-state index in [0.29, 0.717) is 12.2 Å². The lowest BCUT2D eigenvalue weighted by molar-refractivity contribution is -0.384. The van der Waals surface area contributed by atoms with E-state index in [-0.39, 0.29) is 11.3 Å². The lowest BCUT2D eigenvalue weighted by atomic mass is 10.1. The number of aryl methyl sites for hydroxylation is 1. The fraction of sp³-hybridized carbons (Fsp3) is 0.143. The molecule has 20 heavy (non-hydrogen) atoms. The van der Waals surface area contributed by atoms with Gasteiger partial charge in [0, 0.05) is 12.3 Å². The van der Waals surface area contributed by atoms with Gasteiger partial charge < -0.3 is 5.32 Å². The number of hydrogen-bond acceptors (Lipinski definition) is 5. The smallest absolute Gasteiger partial charge is 0.293 e. The molecule has 0 spiro atoms. The van der Waals surface area contributed by atoms with Crippen molar-refractivity contribution in [3.8, 4) is 6.07 Å². The van der Waals surface area contributed by atoms with Crippen LogP contribution in [0, 0.1) is 28.4 Å². The molecule has 2 rings (SSSR count). The van der Waals surface area contributed by atoms with E-state index < -0.39 is 4.92 Å². The van der Waals surface area contributed by atoms with Crippen molar-refractivity contribution in [2.45, 2.75) is 13.5 Å². The van der Waals surface area contributed by atoms with Gasteiger partial charge in [0.1, 0.15) is 5.69 Å². The summed E-state index contributed by atoms with van der Waals surface area (Å²) in [4.78, 5) is 14.7. The number of nitro groups is 1. The molecule has 6 nitrogen and oxygen atoms in total. The van der Waals surface area contributed by atoms with E-state index >= 15 is 0 Å². The molecule has 0 aliphatic rings. The van der Waals surface area contributed by atoms with Gasteiger partial charge in [-0.25, -0.2) is 0 Å². The minimum Gasteiger partial charge on any atom is -0.374 e. The molecule has 1 N–H and O–H groups in total. The first-order chi connectivity index (χ1) is 9.61. The molecule has 0 aliphatic heterocycles. The van der Waals surface area contributed by atoms with Gasteiger partial charge in [-0.05, 0) is 30.7 Å². The van der Waals surface area contributed by atoms with Gasteiger partial charge in [0.15, 0.2) is 0 Å².